The first kappa shape index (κ1) is 19.1. The normalized spacial score (nSPS) is 21.4. The molecule has 29 heavy (non-hydrogen) atoms. The number of benzene rings is 1. The molecular weight excluding hydrogens is 374 g/mol. The number of rotatable bonds is 4. The average molecular weight is 397 g/mol. The van der Waals surface area contributed by atoms with Gasteiger partial charge in [0.25, 0.3) is 0 Å². The van der Waals surface area contributed by atoms with Gasteiger partial charge in [0.05, 0.1) is 19.0 Å². The average Bonchev–Trinajstić information content (AvgIpc) is 3.29. The SMILES string of the molecule is CCc1ccc(N2CC(C(=O)N3Cc4nnc(C)n4CC3C(=O)O)CC2=O)cc1. The van der Waals surface area contributed by atoms with Crippen molar-refractivity contribution in [1.29, 1.82) is 0 Å². The van der Waals surface area contributed by atoms with E-state index in [0.29, 0.717) is 11.6 Å². The van der Waals surface area contributed by atoms with Crippen molar-refractivity contribution >= 4 is 23.5 Å². The number of carbonyl (C=O) groups excluding carboxylic acids is 2. The maximum atomic E-state index is 13.2. The second-order valence-corrected chi connectivity index (χ2v) is 7.52. The minimum Gasteiger partial charge on any atom is -0.480 e. The van der Waals surface area contributed by atoms with E-state index in [1.54, 1.807) is 16.4 Å². The molecule has 2 aliphatic rings. The Hall–Kier alpha value is -3.23. The number of carboxylic acid groups (broad SMARTS) is 1. The highest BCUT2D eigenvalue weighted by molar-refractivity contribution is 6.00. The van der Waals surface area contributed by atoms with Crippen LogP contribution in [0.3, 0.4) is 0 Å². The molecule has 1 N–H and O–H groups in total. The molecule has 2 unspecified atom stereocenters. The Bertz CT molecular complexity index is 968. The minimum absolute atomic E-state index is 0.0723. The van der Waals surface area contributed by atoms with Gasteiger partial charge in [-0.3, -0.25) is 9.59 Å². The number of anilines is 1. The van der Waals surface area contributed by atoms with Crippen LogP contribution in [0.25, 0.3) is 0 Å². The minimum atomic E-state index is -1.08. The lowest BCUT2D eigenvalue weighted by atomic mass is 10.0. The first-order valence-corrected chi connectivity index (χ1v) is 9.70. The zero-order valence-corrected chi connectivity index (χ0v) is 16.4. The third-order valence-electron chi connectivity index (χ3n) is 5.75. The van der Waals surface area contributed by atoms with Crippen molar-refractivity contribution < 1.29 is 19.5 Å². The molecule has 152 valence electrons. The Morgan fingerprint density at radius 2 is 1.90 bits per heavy atom. The first-order valence-electron chi connectivity index (χ1n) is 9.70. The van der Waals surface area contributed by atoms with Gasteiger partial charge in [-0.2, -0.15) is 0 Å². The van der Waals surface area contributed by atoms with Crippen LogP contribution in [0.2, 0.25) is 0 Å². The van der Waals surface area contributed by atoms with Crippen LogP contribution >= 0.6 is 0 Å². The standard InChI is InChI=1S/C20H23N5O4/c1-3-13-4-6-15(7-5-13)24-9-14(8-18(24)26)19(27)25-11-17-22-21-12(2)23(17)10-16(25)20(28)29/h4-7,14,16H,3,8-11H2,1-2H3,(H,28,29). The maximum absolute atomic E-state index is 13.2. The first-order chi connectivity index (χ1) is 13.9. The van der Waals surface area contributed by atoms with E-state index in [0.717, 1.165) is 12.1 Å². The monoisotopic (exact) mass is 397 g/mol. The molecule has 0 saturated carbocycles. The number of aliphatic carboxylic acids is 1. The maximum Gasteiger partial charge on any atom is 0.328 e. The van der Waals surface area contributed by atoms with Crippen LogP contribution in [0.15, 0.2) is 24.3 Å². The summed E-state index contributed by atoms with van der Waals surface area (Å²) in [5.41, 5.74) is 1.93. The molecule has 2 amide bonds. The third kappa shape index (κ3) is 3.37. The molecule has 1 aromatic heterocycles. The van der Waals surface area contributed by atoms with Gasteiger partial charge in [-0.1, -0.05) is 19.1 Å². The number of nitrogens with zero attached hydrogens (tertiary/aromatic N) is 5. The van der Waals surface area contributed by atoms with E-state index in [2.05, 4.69) is 17.1 Å². The van der Waals surface area contributed by atoms with Crippen molar-refractivity contribution in [2.24, 2.45) is 5.92 Å². The number of fused-ring (bicyclic) bond motifs is 1. The topological polar surface area (TPSA) is 109 Å². The van der Waals surface area contributed by atoms with Crippen molar-refractivity contribution in [2.45, 2.75) is 45.8 Å². The zero-order chi connectivity index (χ0) is 20.7. The third-order valence-corrected chi connectivity index (χ3v) is 5.75. The highest BCUT2D eigenvalue weighted by Crippen LogP contribution is 2.29. The molecule has 9 heteroatoms. The molecule has 1 aromatic carbocycles. The predicted octanol–water partition coefficient (Wildman–Crippen LogP) is 0.997. The van der Waals surface area contributed by atoms with Crippen LogP contribution in [0.4, 0.5) is 5.69 Å². The summed E-state index contributed by atoms with van der Waals surface area (Å²) < 4.78 is 1.73. The predicted molar refractivity (Wildman–Crippen MR) is 103 cm³/mol. The summed E-state index contributed by atoms with van der Waals surface area (Å²) in [5, 5.41) is 17.7. The number of carbonyl (C=O) groups is 3. The van der Waals surface area contributed by atoms with E-state index >= 15 is 0 Å². The summed E-state index contributed by atoms with van der Waals surface area (Å²) >= 11 is 0. The Kier molecular flexibility index (Phi) is 4.81. The fourth-order valence-electron chi connectivity index (χ4n) is 4.02. The summed E-state index contributed by atoms with van der Waals surface area (Å²) in [7, 11) is 0. The van der Waals surface area contributed by atoms with Gasteiger partial charge < -0.3 is 19.5 Å². The van der Waals surface area contributed by atoms with E-state index in [4.69, 9.17) is 0 Å². The van der Waals surface area contributed by atoms with Crippen LogP contribution in [-0.2, 0) is 33.9 Å². The molecule has 2 aromatic rings. The molecule has 0 spiro atoms. The van der Waals surface area contributed by atoms with E-state index < -0.39 is 17.9 Å². The second-order valence-electron chi connectivity index (χ2n) is 7.52. The van der Waals surface area contributed by atoms with Crippen molar-refractivity contribution in [3.63, 3.8) is 0 Å². The Labute approximate surface area is 167 Å². The second kappa shape index (κ2) is 7.31. The van der Waals surface area contributed by atoms with Gasteiger partial charge in [-0.05, 0) is 31.0 Å². The number of amides is 2. The summed E-state index contributed by atoms with van der Waals surface area (Å²) in [4.78, 5) is 40.5. The summed E-state index contributed by atoms with van der Waals surface area (Å²) in [6.45, 7) is 4.25. The van der Waals surface area contributed by atoms with Gasteiger partial charge in [0.15, 0.2) is 5.82 Å². The van der Waals surface area contributed by atoms with Gasteiger partial charge in [-0.15, -0.1) is 10.2 Å². The molecule has 9 nitrogen and oxygen atoms in total. The fourth-order valence-corrected chi connectivity index (χ4v) is 4.02. The highest BCUT2D eigenvalue weighted by atomic mass is 16.4. The van der Waals surface area contributed by atoms with Crippen LogP contribution in [0.1, 0.15) is 30.6 Å². The lowest BCUT2D eigenvalue weighted by Gasteiger charge is -2.34. The molecule has 0 radical (unpaired) electrons. The Morgan fingerprint density at radius 3 is 2.55 bits per heavy atom. The van der Waals surface area contributed by atoms with Crippen molar-refractivity contribution in [3.05, 3.63) is 41.5 Å². The van der Waals surface area contributed by atoms with Crippen molar-refractivity contribution in [2.75, 3.05) is 11.4 Å². The number of aryl methyl sites for hydroxylation is 2. The highest BCUT2D eigenvalue weighted by Gasteiger charge is 2.43. The van der Waals surface area contributed by atoms with E-state index in [-0.39, 0.29) is 37.9 Å². The summed E-state index contributed by atoms with van der Waals surface area (Å²) in [5.74, 6) is -0.930. The molecule has 2 aliphatic heterocycles. The van der Waals surface area contributed by atoms with E-state index in [1.165, 1.54) is 10.5 Å². The Balaban J connectivity index is 1.54. The molecule has 1 saturated heterocycles. The fraction of sp³-hybridized carbons (Fsp3) is 0.450. The number of hydrogen-bond donors (Lipinski definition) is 1. The van der Waals surface area contributed by atoms with Crippen LogP contribution in [-0.4, -0.2) is 55.1 Å². The smallest absolute Gasteiger partial charge is 0.328 e. The van der Waals surface area contributed by atoms with Crippen LogP contribution in [0.5, 0.6) is 0 Å². The summed E-state index contributed by atoms with van der Waals surface area (Å²) in [6, 6.07) is 6.71. The molecule has 4 rings (SSSR count). The number of hydrogen-bond acceptors (Lipinski definition) is 5. The largest absolute Gasteiger partial charge is 0.480 e. The van der Waals surface area contributed by atoms with Gasteiger partial charge in [0.1, 0.15) is 11.9 Å². The van der Waals surface area contributed by atoms with Gasteiger partial charge in [-0.25, -0.2) is 4.79 Å². The van der Waals surface area contributed by atoms with Gasteiger partial charge in [0.2, 0.25) is 11.8 Å². The van der Waals surface area contributed by atoms with Gasteiger partial charge >= 0.3 is 5.97 Å². The molecule has 0 aliphatic carbocycles. The number of aromatic nitrogens is 3. The molecule has 2 atom stereocenters. The quantitative estimate of drug-likeness (QED) is 0.824. The number of carboxylic acids is 1. The molecule has 3 heterocycles. The van der Waals surface area contributed by atoms with E-state index in [9.17, 15) is 19.5 Å². The zero-order valence-electron chi connectivity index (χ0n) is 16.4. The lowest BCUT2D eigenvalue weighted by molar-refractivity contribution is -0.154. The van der Waals surface area contributed by atoms with Crippen LogP contribution < -0.4 is 4.90 Å². The van der Waals surface area contributed by atoms with Gasteiger partial charge in [0, 0.05) is 18.7 Å². The molecular formula is C20H23N5O4. The van der Waals surface area contributed by atoms with E-state index in [1.807, 2.05) is 24.3 Å². The summed E-state index contributed by atoms with van der Waals surface area (Å²) in [6.07, 6.45) is 0.980. The Morgan fingerprint density at radius 1 is 1.17 bits per heavy atom. The molecule has 0 bridgehead atoms. The lowest BCUT2D eigenvalue weighted by Crippen LogP contribution is -2.52. The van der Waals surface area contributed by atoms with Crippen molar-refractivity contribution in [1.82, 2.24) is 19.7 Å². The molecule has 1 fully saturated rings. The van der Waals surface area contributed by atoms with Crippen LogP contribution in [0, 0.1) is 12.8 Å². The van der Waals surface area contributed by atoms with Crippen molar-refractivity contribution in [3.8, 4) is 0 Å².